The maximum atomic E-state index is 12.9. The zero-order valence-corrected chi connectivity index (χ0v) is 64.8. The second-order valence-corrected chi connectivity index (χ2v) is 28.7. The van der Waals surface area contributed by atoms with Crippen LogP contribution in [0.15, 0.2) is 146 Å². The number of esters is 3. The molecule has 0 rings (SSSR count). The van der Waals surface area contributed by atoms with E-state index in [-0.39, 0.29) is 19.3 Å². The van der Waals surface area contributed by atoms with E-state index < -0.39 is 91.5 Å². The van der Waals surface area contributed by atoms with Gasteiger partial charge in [0.25, 0.3) is 0 Å². The number of unbranched alkanes of at least 4 members (excludes halogenated alkanes) is 26. The van der Waals surface area contributed by atoms with E-state index in [0.717, 1.165) is 122 Å². The molecule has 16 nitrogen and oxygen atoms in total. The van der Waals surface area contributed by atoms with Gasteiger partial charge in [-0.25, -0.2) is 9.13 Å². The fourth-order valence-electron chi connectivity index (χ4n) is 10.1. The van der Waals surface area contributed by atoms with Gasteiger partial charge in [-0.1, -0.05) is 308 Å². The first-order valence-corrected chi connectivity index (χ1v) is 42.1. The summed E-state index contributed by atoms with van der Waals surface area (Å²) in [5, 5.41) is 20.6. The Morgan fingerprint density at radius 3 is 0.901 bits per heavy atom. The number of phosphoric acid groups is 2. The van der Waals surface area contributed by atoms with Crippen LogP contribution in [0.4, 0.5) is 0 Å². The molecule has 0 aliphatic rings. The minimum Gasteiger partial charge on any atom is -0.463 e. The number of allylic oxidation sites excluding steroid dienone is 24. The van der Waals surface area contributed by atoms with Crippen LogP contribution in [0.3, 0.4) is 0 Å². The van der Waals surface area contributed by atoms with Gasteiger partial charge >= 0.3 is 33.6 Å². The molecular formula is C83H140O16P2. The van der Waals surface area contributed by atoms with Crippen molar-refractivity contribution < 1.29 is 75.8 Å². The van der Waals surface area contributed by atoms with Crippen LogP contribution in [0.25, 0.3) is 0 Å². The molecule has 0 spiro atoms. The number of aliphatic hydroxyl groups is 2. The predicted octanol–water partition coefficient (Wildman–Crippen LogP) is 22.9. The number of carbonyl (C=O) groups is 3. The molecule has 0 aromatic carbocycles. The van der Waals surface area contributed by atoms with Crippen LogP contribution < -0.4 is 0 Å². The molecule has 0 aromatic rings. The topological polar surface area (TPSA) is 231 Å². The van der Waals surface area contributed by atoms with Gasteiger partial charge in [0, 0.05) is 19.3 Å². The molecule has 0 aliphatic heterocycles. The molecule has 0 heterocycles. The molecule has 18 heteroatoms. The van der Waals surface area contributed by atoms with E-state index >= 15 is 0 Å². The van der Waals surface area contributed by atoms with Crippen LogP contribution in [0.1, 0.15) is 303 Å². The van der Waals surface area contributed by atoms with E-state index in [0.29, 0.717) is 25.7 Å². The lowest BCUT2D eigenvalue weighted by Crippen LogP contribution is -2.30. The summed E-state index contributed by atoms with van der Waals surface area (Å²) in [6.07, 6.45) is 92.4. The van der Waals surface area contributed by atoms with Crippen molar-refractivity contribution in [2.45, 2.75) is 322 Å². The van der Waals surface area contributed by atoms with Crippen LogP contribution in [0.2, 0.25) is 0 Å². The Balaban J connectivity index is 4.36. The van der Waals surface area contributed by atoms with Crippen molar-refractivity contribution in [1.82, 2.24) is 0 Å². The molecule has 5 atom stereocenters. The van der Waals surface area contributed by atoms with Gasteiger partial charge in [-0.15, -0.1) is 0 Å². The molecular weight excluding hydrogens is 1310 g/mol. The average molecular weight is 1460 g/mol. The van der Waals surface area contributed by atoms with Crippen LogP contribution in [0, 0.1) is 0 Å². The Morgan fingerprint density at radius 1 is 0.287 bits per heavy atom. The van der Waals surface area contributed by atoms with Gasteiger partial charge in [0.2, 0.25) is 0 Å². The normalized spacial score (nSPS) is 14.8. The number of hydrogen-bond donors (Lipinski definition) is 4. The summed E-state index contributed by atoms with van der Waals surface area (Å²) >= 11 is 0. The number of phosphoric ester groups is 2. The Bertz CT molecular complexity index is 2420. The largest absolute Gasteiger partial charge is 0.472 e. The summed E-state index contributed by atoms with van der Waals surface area (Å²) in [6, 6.07) is 0. The molecule has 578 valence electrons. The first-order valence-electron chi connectivity index (χ1n) is 39.1. The zero-order valence-electron chi connectivity index (χ0n) is 63.0. The van der Waals surface area contributed by atoms with Crippen LogP contribution >= 0.6 is 15.6 Å². The second-order valence-electron chi connectivity index (χ2n) is 25.7. The van der Waals surface area contributed by atoms with Crippen molar-refractivity contribution in [1.29, 1.82) is 0 Å². The molecule has 0 amide bonds. The van der Waals surface area contributed by atoms with Crippen LogP contribution in [-0.4, -0.2) is 95.9 Å². The van der Waals surface area contributed by atoms with Gasteiger partial charge in [0.1, 0.15) is 25.4 Å². The highest BCUT2D eigenvalue weighted by Gasteiger charge is 2.29. The minimum atomic E-state index is -4.94. The lowest BCUT2D eigenvalue weighted by Gasteiger charge is -2.21. The van der Waals surface area contributed by atoms with E-state index in [2.05, 4.69) is 148 Å². The Morgan fingerprint density at radius 2 is 0.545 bits per heavy atom. The van der Waals surface area contributed by atoms with E-state index in [1.807, 2.05) is 18.2 Å². The maximum Gasteiger partial charge on any atom is 0.472 e. The summed E-state index contributed by atoms with van der Waals surface area (Å²) in [6.45, 7) is 2.30. The monoisotopic (exact) mass is 1450 g/mol. The van der Waals surface area contributed by atoms with E-state index in [9.17, 15) is 43.5 Å². The van der Waals surface area contributed by atoms with E-state index in [1.54, 1.807) is 0 Å². The summed E-state index contributed by atoms with van der Waals surface area (Å²) in [7, 11) is -9.80. The van der Waals surface area contributed by atoms with Gasteiger partial charge in [-0.05, 0) is 122 Å². The highest BCUT2D eigenvalue weighted by molar-refractivity contribution is 7.47. The van der Waals surface area contributed by atoms with E-state index in [1.165, 1.54) is 116 Å². The first kappa shape index (κ1) is 96.4. The van der Waals surface area contributed by atoms with Gasteiger partial charge < -0.3 is 34.2 Å². The molecule has 101 heavy (non-hydrogen) atoms. The lowest BCUT2D eigenvalue weighted by molar-refractivity contribution is -0.161. The first-order chi connectivity index (χ1) is 49.2. The number of aliphatic hydroxyl groups excluding tert-OH is 2. The van der Waals surface area contributed by atoms with Gasteiger partial charge in [0.05, 0.1) is 26.4 Å². The molecule has 0 fully saturated rings. The quantitative estimate of drug-likeness (QED) is 0.0146. The predicted molar refractivity (Wildman–Crippen MR) is 417 cm³/mol. The molecule has 5 unspecified atom stereocenters. The number of carbonyl (C=O) groups excluding carboxylic acids is 3. The summed E-state index contributed by atoms with van der Waals surface area (Å²) < 4.78 is 60.9. The molecule has 0 aliphatic carbocycles. The standard InChI is InChI=1S/C83H140O16P2/c1-4-7-10-13-16-19-22-24-26-28-30-31-32-33-34-35-36-37-38-39-40-41-42-43-44-45-47-49-50-52-55-57-60-63-66-69-81(86)93-72-78(84)73-95-100(89,90)96-74-79(85)75-97-101(91,92)98-77-80(99-83(88)71-68-65-62-59-54-21-18-15-12-9-6-3)76-94-82(87)70-67-64-61-58-56-53-51-48-46-29-27-25-23-20-17-14-11-8-5-2/h7-8,10-11,15-20,24-27,30-31,33-34,46,48,53,56,61,64,78-80,84-85H,4-6,9,12-14,21-23,28-29,32,35-45,47,49-52,54-55,57-60,62-63,65-77H2,1-3H3,(H,89,90)(H,91,92)/b10-7-,11-8-,18-15-,19-16-,20-17-,26-24-,27-25-,31-30-,34-33-,48-46-,56-53-,64-61-. The SMILES string of the molecule is CC/C=C\C/C=C\C/C=C\C/C=C\C/C=C\C/C=C\CCC(=O)OCC(COP(=O)(O)OCC(O)COP(=O)(O)OCC(O)COC(=O)CCCCCCCCCCCCCCCCCCCCC/C=C\C/C=C\C/C=C\C/C=C\C/C=C\CC)OC(=O)CCCCCCC/C=C\CCCC. The zero-order chi connectivity index (χ0) is 73.7. The summed E-state index contributed by atoms with van der Waals surface area (Å²) in [5.74, 6) is -1.69. The number of rotatable bonds is 73. The highest BCUT2D eigenvalue weighted by Crippen LogP contribution is 2.45. The fraction of sp³-hybridized carbons (Fsp3) is 0.675. The smallest absolute Gasteiger partial charge is 0.463 e. The van der Waals surface area contributed by atoms with Crippen molar-refractivity contribution >= 4 is 33.6 Å². The number of ether oxygens (including phenoxy) is 3. The lowest BCUT2D eigenvalue weighted by atomic mass is 10.0. The van der Waals surface area contributed by atoms with E-state index in [4.69, 9.17) is 32.3 Å². The van der Waals surface area contributed by atoms with Gasteiger partial charge in [0.15, 0.2) is 6.10 Å². The second kappa shape index (κ2) is 75.1. The molecule has 0 aromatic heterocycles. The van der Waals surface area contributed by atoms with Crippen molar-refractivity contribution in [2.24, 2.45) is 0 Å². The maximum absolute atomic E-state index is 12.9. The van der Waals surface area contributed by atoms with Crippen molar-refractivity contribution in [2.75, 3.05) is 39.6 Å². The third-order valence-corrected chi connectivity index (χ3v) is 17.9. The van der Waals surface area contributed by atoms with Gasteiger partial charge in [-0.2, -0.15) is 0 Å². The van der Waals surface area contributed by atoms with Crippen molar-refractivity contribution in [3.05, 3.63) is 146 Å². The molecule has 0 radical (unpaired) electrons. The Hall–Kier alpha value is -4.57. The summed E-state index contributed by atoms with van der Waals surface area (Å²) in [5.41, 5.74) is 0. The highest BCUT2D eigenvalue weighted by atomic mass is 31.2. The molecule has 0 saturated heterocycles. The van der Waals surface area contributed by atoms with Crippen molar-refractivity contribution in [3.8, 4) is 0 Å². The number of hydrogen-bond acceptors (Lipinski definition) is 14. The average Bonchev–Trinajstić information content (AvgIpc) is 0.957. The fourth-order valence-corrected chi connectivity index (χ4v) is 11.7. The van der Waals surface area contributed by atoms with Gasteiger partial charge in [-0.3, -0.25) is 32.5 Å². The Labute approximate surface area is 613 Å². The molecule has 0 bridgehead atoms. The third-order valence-electron chi connectivity index (χ3n) is 16.0. The van der Waals surface area contributed by atoms with Crippen molar-refractivity contribution in [3.63, 3.8) is 0 Å². The van der Waals surface area contributed by atoms with Crippen LogP contribution in [0.5, 0.6) is 0 Å². The Kier molecular flexibility index (Phi) is 71.7. The molecule has 0 saturated carbocycles. The third kappa shape index (κ3) is 76.4. The minimum absolute atomic E-state index is 0.0409. The van der Waals surface area contributed by atoms with Crippen LogP contribution in [-0.2, 0) is 55.8 Å². The molecule has 4 N–H and O–H groups in total. The summed E-state index contributed by atoms with van der Waals surface area (Å²) in [4.78, 5) is 58.4.